The van der Waals surface area contributed by atoms with Crippen molar-refractivity contribution >= 4 is 39.7 Å². The fourth-order valence-electron chi connectivity index (χ4n) is 5.16. The number of anilines is 2. The number of aryl methyl sites for hydroxylation is 1. The van der Waals surface area contributed by atoms with E-state index in [0.29, 0.717) is 5.11 Å². The Morgan fingerprint density at radius 3 is 2.57 bits per heavy atom. The molecule has 1 aromatic heterocycles. The van der Waals surface area contributed by atoms with Crippen LogP contribution in [0.25, 0.3) is 10.9 Å². The number of pyridine rings is 1. The monoisotopic (exact) mass is 488 g/mol. The van der Waals surface area contributed by atoms with E-state index in [4.69, 9.17) is 17.2 Å². The molecule has 0 atom stereocenters. The minimum Gasteiger partial charge on any atom is -0.361 e. The fraction of sp³-hybridized carbons (Fsp3) is 0.429. The quantitative estimate of drug-likeness (QED) is 0.508. The lowest BCUT2D eigenvalue weighted by Crippen LogP contribution is -2.46. The zero-order chi connectivity index (χ0) is 24.2. The van der Waals surface area contributed by atoms with E-state index in [-0.39, 0.29) is 0 Å². The van der Waals surface area contributed by atoms with Gasteiger partial charge in [-0.1, -0.05) is 31.2 Å². The summed E-state index contributed by atoms with van der Waals surface area (Å²) in [6.45, 7) is 13.7. The van der Waals surface area contributed by atoms with Crippen LogP contribution in [0.1, 0.15) is 23.6 Å². The number of rotatable bonds is 6. The molecule has 0 radical (unpaired) electrons. The largest absolute Gasteiger partial charge is 0.361 e. The first-order valence-electron chi connectivity index (χ1n) is 12.8. The van der Waals surface area contributed by atoms with Gasteiger partial charge in [-0.2, -0.15) is 0 Å². The summed E-state index contributed by atoms with van der Waals surface area (Å²) < 4.78 is 0. The molecule has 7 heteroatoms. The van der Waals surface area contributed by atoms with Crippen molar-refractivity contribution in [2.75, 3.05) is 62.6 Å². The Kier molecular flexibility index (Phi) is 7.46. The predicted molar refractivity (Wildman–Crippen MR) is 150 cm³/mol. The Morgan fingerprint density at radius 2 is 1.77 bits per heavy atom. The zero-order valence-corrected chi connectivity index (χ0v) is 21.7. The van der Waals surface area contributed by atoms with Crippen LogP contribution in [0.15, 0.2) is 48.5 Å². The van der Waals surface area contributed by atoms with Gasteiger partial charge in [-0.25, -0.2) is 4.98 Å². The van der Waals surface area contributed by atoms with Crippen molar-refractivity contribution in [3.8, 4) is 0 Å². The summed E-state index contributed by atoms with van der Waals surface area (Å²) in [5.41, 5.74) is 6.21. The summed E-state index contributed by atoms with van der Waals surface area (Å²) in [6, 6.07) is 17.3. The maximum atomic E-state index is 5.58. The van der Waals surface area contributed by atoms with Crippen molar-refractivity contribution in [1.82, 2.24) is 20.1 Å². The van der Waals surface area contributed by atoms with E-state index in [1.807, 2.05) is 0 Å². The molecule has 2 aliphatic heterocycles. The third kappa shape index (κ3) is 5.74. The van der Waals surface area contributed by atoms with Crippen molar-refractivity contribution in [2.45, 2.75) is 26.8 Å². The lowest BCUT2D eigenvalue weighted by molar-refractivity contribution is 0.258. The lowest BCUT2D eigenvalue weighted by atomic mass is 10.00. The first kappa shape index (κ1) is 24.0. The predicted octanol–water partition coefficient (Wildman–Crippen LogP) is 4.03. The van der Waals surface area contributed by atoms with E-state index in [2.05, 4.69) is 87.7 Å². The van der Waals surface area contributed by atoms with Crippen molar-refractivity contribution < 1.29 is 0 Å². The zero-order valence-electron chi connectivity index (χ0n) is 20.9. The summed E-state index contributed by atoms with van der Waals surface area (Å²) >= 11 is 5.58. The SMILES string of the molecule is CCN1CCN(c2cc(C)c3cc(NC(=S)NCCN4CCc5ccccc5C4)ccc3n2)CC1. The van der Waals surface area contributed by atoms with E-state index in [0.717, 1.165) is 82.3 Å². The Hall–Kier alpha value is -2.74. The number of hydrogen-bond donors (Lipinski definition) is 2. The topological polar surface area (TPSA) is 46.7 Å². The maximum absolute atomic E-state index is 5.58. The van der Waals surface area contributed by atoms with Crippen molar-refractivity contribution in [2.24, 2.45) is 0 Å². The molecule has 0 bridgehead atoms. The van der Waals surface area contributed by atoms with Crippen molar-refractivity contribution in [1.29, 1.82) is 0 Å². The molecule has 0 spiro atoms. The van der Waals surface area contributed by atoms with E-state index in [1.165, 1.54) is 22.1 Å². The summed E-state index contributed by atoms with van der Waals surface area (Å²) in [4.78, 5) is 12.4. The Morgan fingerprint density at radius 1 is 0.971 bits per heavy atom. The van der Waals surface area contributed by atoms with Crippen molar-refractivity contribution in [3.05, 3.63) is 65.2 Å². The summed E-state index contributed by atoms with van der Waals surface area (Å²) in [7, 11) is 0. The molecular formula is C28H36N6S. The molecule has 0 saturated carbocycles. The van der Waals surface area contributed by atoms with Crippen LogP contribution in [0.2, 0.25) is 0 Å². The van der Waals surface area contributed by atoms with Crippen LogP contribution in [0.5, 0.6) is 0 Å². The van der Waals surface area contributed by atoms with Gasteiger partial charge in [-0.15, -0.1) is 0 Å². The number of benzene rings is 2. The fourth-order valence-corrected chi connectivity index (χ4v) is 5.38. The Balaban J connectivity index is 1.15. The standard InChI is InChI=1S/C28H36N6S/c1-3-32-14-16-34(17-15-32)27-18-21(2)25-19-24(8-9-26(25)31-27)30-28(35)29-11-13-33-12-10-22-6-4-5-7-23(22)20-33/h4-9,18-19H,3,10-17,20H2,1-2H3,(H2,29,30,35). The molecule has 2 aliphatic rings. The lowest BCUT2D eigenvalue weighted by Gasteiger charge is -2.35. The van der Waals surface area contributed by atoms with Gasteiger partial charge in [-0.05, 0) is 73.1 Å². The van der Waals surface area contributed by atoms with Gasteiger partial charge in [0, 0.05) is 63.4 Å². The first-order chi connectivity index (χ1) is 17.1. The highest BCUT2D eigenvalue weighted by Crippen LogP contribution is 2.26. The number of nitrogens with zero attached hydrogens (tertiary/aromatic N) is 4. The number of thiocarbonyl (C=S) groups is 1. The molecule has 3 aromatic rings. The molecule has 0 amide bonds. The van der Waals surface area contributed by atoms with Crippen LogP contribution in [0.4, 0.5) is 11.5 Å². The second-order valence-corrected chi connectivity index (χ2v) is 10.0. The number of likely N-dealkylation sites (N-methyl/N-ethyl adjacent to an activating group) is 1. The van der Waals surface area contributed by atoms with E-state index >= 15 is 0 Å². The minimum atomic E-state index is 0.665. The van der Waals surface area contributed by atoms with Gasteiger partial charge in [0.1, 0.15) is 5.82 Å². The molecule has 3 heterocycles. The van der Waals surface area contributed by atoms with E-state index < -0.39 is 0 Å². The normalized spacial score (nSPS) is 16.8. The average molecular weight is 489 g/mol. The molecule has 2 aromatic carbocycles. The summed E-state index contributed by atoms with van der Waals surface area (Å²) in [5, 5.41) is 8.57. The molecule has 6 nitrogen and oxygen atoms in total. The van der Waals surface area contributed by atoms with Gasteiger partial charge in [0.15, 0.2) is 5.11 Å². The van der Waals surface area contributed by atoms with Gasteiger partial charge < -0.3 is 20.4 Å². The number of fused-ring (bicyclic) bond motifs is 2. The van der Waals surface area contributed by atoms with Crippen LogP contribution >= 0.6 is 12.2 Å². The number of nitrogens with one attached hydrogen (secondary N) is 2. The second-order valence-electron chi connectivity index (χ2n) is 9.63. The third-order valence-electron chi connectivity index (χ3n) is 7.33. The summed E-state index contributed by atoms with van der Waals surface area (Å²) in [6.07, 6.45) is 1.13. The van der Waals surface area contributed by atoms with Gasteiger partial charge in [0.05, 0.1) is 5.52 Å². The Bertz CT molecular complexity index is 1190. The second kappa shape index (κ2) is 10.9. The van der Waals surface area contributed by atoms with Gasteiger partial charge in [0.25, 0.3) is 0 Å². The van der Waals surface area contributed by atoms with E-state index in [1.54, 1.807) is 0 Å². The molecule has 1 fully saturated rings. The molecule has 184 valence electrons. The number of aromatic nitrogens is 1. The van der Waals surface area contributed by atoms with Crippen LogP contribution in [-0.4, -0.2) is 72.3 Å². The molecule has 0 aliphatic carbocycles. The van der Waals surface area contributed by atoms with Gasteiger partial charge >= 0.3 is 0 Å². The molecule has 5 rings (SSSR count). The van der Waals surface area contributed by atoms with Crippen LogP contribution < -0.4 is 15.5 Å². The summed E-state index contributed by atoms with van der Waals surface area (Å²) in [5.74, 6) is 1.09. The molecule has 1 saturated heterocycles. The van der Waals surface area contributed by atoms with Crippen LogP contribution in [-0.2, 0) is 13.0 Å². The van der Waals surface area contributed by atoms with Gasteiger partial charge in [-0.3, -0.25) is 4.90 Å². The molecular weight excluding hydrogens is 452 g/mol. The average Bonchev–Trinajstić information content (AvgIpc) is 2.89. The molecule has 35 heavy (non-hydrogen) atoms. The third-order valence-corrected chi connectivity index (χ3v) is 7.57. The van der Waals surface area contributed by atoms with Crippen LogP contribution in [0, 0.1) is 6.92 Å². The highest BCUT2D eigenvalue weighted by atomic mass is 32.1. The maximum Gasteiger partial charge on any atom is 0.170 e. The highest BCUT2D eigenvalue weighted by Gasteiger charge is 2.18. The van der Waals surface area contributed by atoms with Crippen molar-refractivity contribution in [3.63, 3.8) is 0 Å². The molecule has 2 N–H and O–H groups in total. The van der Waals surface area contributed by atoms with Gasteiger partial charge in [0.2, 0.25) is 0 Å². The van der Waals surface area contributed by atoms with Crippen LogP contribution in [0.3, 0.4) is 0 Å². The first-order valence-corrected chi connectivity index (χ1v) is 13.2. The van der Waals surface area contributed by atoms with E-state index in [9.17, 15) is 0 Å². The number of hydrogen-bond acceptors (Lipinski definition) is 5. The molecule has 0 unspecified atom stereocenters. The Labute approximate surface area is 214 Å². The smallest absolute Gasteiger partial charge is 0.170 e. The highest BCUT2D eigenvalue weighted by molar-refractivity contribution is 7.80. The minimum absolute atomic E-state index is 0.665. The number of piperazine rings is 1.